The van der Waals surface area contributed by atoms with Crippen LogP contribution in [0.3, 0.4) is 0 Å². The lowest BCUT2D eigenvalue weighted by atomic mass is 10.1. The van der Waals surface area contributed by atoms with Gasteiger partial charge in [-0.25, -0.2) is 0 Å². The van der Waals surface area contributed by atoms with Crippen molar-refractivity contribution in [3.8, 4) is 11.1 Å². The van der Waals surface area contributed by atoms with Gasteiger partial charge in [0.05, 0.1) is 0 Å². The number of halogens is 1. The fraction of sp³-hybridized carbons (Fsp3) is 0. The average Bonchev–Trinajstić information content (AvgIpc) is 2.23. The first kappa shape index (κ1) is 9.37. The van der Waals surface area contributed by atoms with E-state index in [4.69, 9.17) is 23.8 Å². The molecule has 0 saturated carbocycles. The summed E-state index contributed by atoms with van der Waals surface area (Å²) < 4.78 is 0.598. The Morgan fingerprint density at radius 2 is 1.93 bits per heavy atom. The predicted molar refractivity (Wildman–Crippen MR) is 59.9 cm³/mol. The van der Waals surface area contributed by atoms with Crippen LogP contribution in [0.5, 0.6) is 0 Å². The molecule has 0 spiro atoms. The van der Waals surface area contributed by atoms with Crippen molar-refractivity contribution >= 4 is 23.8 Å². The van der Waals surface area contributed by atoms with Gasteiger partial charge in [0.25, 0.3) is 0 Å². The second-order valence-corrected chi connectivity index (χ2v) is 3.59. The third kappa shape index (κ3) is 1.84. The average molecular weight is 223 g/mol. The van der Waals surface area contributed by atoms with Crippen molar-refractivity contribution in [2.45, 2.75) is 0 Å². The second-order valence-electron chi connectivity index (χ2n) is 2.80. The van der Waals surface area contributed by atoms with E-state index < -0.39 is 0 Å². The van der Waals surface area contributed by atoms with Crippen LogP contribution in [0.25, 0.3) is 11.1 Å². The first-order valence-electron chi connectivity index (χ1n) is 4.08. The number of aromatic nitrogens is 2. The maximum Gasteiger partial charge on any atom is 0.150 e. The summed E-state index contributed by atoms with van der Waals surface area (Å²) in [6.45, 7) is 0. The molecule has 0 atom stereocenters. The Kier molecular flexibility index (Phi) is 2.61. The molecular weight excluding hydrogens is 216 g/mol. The van der Waals surface area contributed by atoms with E-state index in [9.17, 15) is 0 Å². The van der Waals surface area contributed by atoms with Gasteiger partial charge in [0.15, 0.2) is 0 Å². The van der Waals surface area contributed by atoms with E-state index in [1.165, 1.54) is 0 Å². The van der Waals surface area contributed by atoms with Crippen LogP contribution in [0, 0.1) is 4.64 Å². The molecule has 0 unspecified atom stereocenters. The molecule has 1 aromatic carbocycles. The number of hydrogen-bond donors (Lipinski definition) is 1. The van der Waals surface area contributed by atoms with Crippen LogP contribution < -0.4 is 0 Å². The number of benzene rings is 1. The van der Waals surface area contributed by atoms with Crippen LogP contribution >= 0.6 is 23.8 Å². The van der Waals surface area contributed by atoms with Crippen LogP contribution in [-0.2, 0) is 0 Å². The zero-order valence-corrected chi connectivity index (χ0v) is 8.77. The molecule has 2 rings (SSSR count). The first-order chi connectivity index (χ1) is 6.77. The highest BCUT2D eigenvalue weighted by molar-refractivity contribution is 7.71. The van der Waals surface area contributed by atoms with Gasteiger partial charge in [0.1, 0.15) is 9.79 Å². The lowest BCUT2D eigenvalue weighted by molar-refractivity contribution is 1.02. The summed E-state index contributed by atoms with van der Waals surface area (Å²) >= 11 is 10.9. The minimum Gasteiger partial charge on any atom is -0.266 e. The van der Waals surface area contributed by atoms with Gasteiger partial charge >= 0.3 is 0 Å². The van der Waals surface area contributed by atoms with Gasteiger partial charge in [-0.1, -0.05) is 54.2 Å². The number of hydrogen-bond acceptors (Lipinski definition) is 2. The van der Waals surface area contributed by atoms with Crippen molar-refractivity contribution in [1.82, 2.24) is 10.2 Å². The van der Waals surface area contributed by atoms with Crippen LogP contribution in [0.1, 0.15) is 0 Å². The molecule has 0 aliphatic rings. The van der Waals surface area contributed by atoms with Gasteiger partial charge in [0.2, 0.25) is 0 Å². The predicted octanol–water partition coefficient (Wildman–Crippen LogP) is 3.46. The lowest BCUT2D eigenvalue weighted by Gasteiger charge is -2.00. The topological polar surface area (TPSA) is 28.7 Å². The fourth-order valence-corrected chi connectivity index (χ4v) is 1.59. The number of aromatic amines is 1. The molecule has 0 amide bonds. The van der Waals surface area contributed by atoms with E-state index in [2.05, 4.69) is 10.2 Å². The van der Waals surface area contributed by atoms with Gasteiger partial charge in [-0.05, 0) is 11.6 Å². The summed E-state index contributed by atoms with van der Waals surface area (Å²) in [5.74, 6) is 0. The number of nitrogens with one attached hydrogen (secondary N) is 1. The highest BCUT2D eigenvalue weighted by atomic mass is 35.5. The SMILES string of the molecule is S=c1[nH]nc(Cl)cc1-c1ccccc1. The Morgan fingerprint density at radius 1 is 1.21 bits per heavy atom. The van der Waals surface area contributed by atoms with Crippen LogP contribution in [0.4, 0.5) is 0 Å². The number of H-pyrrole nitrogens is 1. The highest BCUT2D eigenvalue weighted by Gasteiger charge is 2.00. The van der Waals surface area contributed by atoms with Gasteiger partial charge < -0.3 is 0 Å². The summed E-state index contributed by atoms with van der Waals surface area (Å²) in [5.41, 5.74) is 1.94. The maximum absolute atomic E-state index is 5.78. The van der Waals surface area contributed by atoms with E-state index in [1.807, 2.05) is 30.3 Å². The lowest BCUT2D eigenvalue weighted by Crippen LogP contribution is -1.86. The molecule has 14 heavy (non-hydrogen) atoms. The van der Waals surface area contributed by atoms with Crippen LogP contribution in [0.2, 0.25) is 5.15 Å². The maximum atomic E-state index is 5.78. The summed E-state index contributed by atoms with van der Waals surface area (Å²) in [7, 11) is 0. The monoisotopic (exact) mass is 222 g/mol. The smallest absolute Gasteiger partial charge is 0.150 e. The molecule has 1 N–H and O–H groups in total. The summed E-state index contributed by atoms with van der Waals surface area (Å²) in [6, 6.07) is 11.6. The Labute approximate surface area is 91.6 Å². The Hall–Kier alpha value is -1.19. The zero-order chi connectivity index (χ0) is 9.97. The summed E-state index contributed by atoms with van der Waals surface area (Å²) in [6.07, 6.45) is 0. The van der Waals surface area contributed by atoms with Crippen molar-refractivity contribution < 1.29 is 0 Å². The Bertz CT molecular complexity index is 493. The summed E-state index contributed by atoms with van der Waals surface area (Å²) in [4.78, 5) is 0. The molecular formula is C10H7ClN2S. The van der Waals surface area contributed by atoms with E-state index in [0.29, 0.717) is 9.79 Å². The van der Waals surface area contributed by atoms with Gasteiger partial charge in [-0.15, -0.1) is 0 Å². The second kappa shape index (κ2) is 3.90. The minimum atomic E-state index is 0.414. The van der Waals surface area contributed by atoms with E-state index in [1.54, 1.807) is 6.07 Å². The standard InChI is InChI=1S/C10H7ClN2S/c11-9-6-8(10(14)13-12-9)7-4-2-1-3-5-7/h1-6H,(H,13,14). The fourth-order valence-electron chi connectivity index (χ4n) is 1.21. The van der Waals surface area contributed by atoms with E-state index in [0.717, 1.165) is 11.1 Å². The largest absolute Gasteiger partial charge is 0.266 e. The molecule has 0 aliphatic heterocycles. The quantitative estimate of drug-likeness (QED) is 0.749. The molecule has 0 aliphatic carbocycles. The highest BCUT2D eigenvalue weighted by Crippen LogP contribution is 2.20. The van der Waals surface area contributed by atoms with Crippen LogP contribution in [0.15, 0.2) is 36.4 Å². The molecule has 0 bridgehead atoms. The van der Waals surface area contributed by atoms with Gasteiger partial charge in [-0.3, -0.25) is 5.10 Å². The normalized spacial score (nSPS) is 10.1. The molecule has 0 fully saturated rings. The van der Waals surface area contributed by atoms with Gasteiger partial charge in [0, 0.05) is 5.56 Å². The Balaban J connectivity index is 2.63. The van der Waals surface area contributed by atoms with Crippen molar-refractivity contribution in [1.29, 1.82) is 0 Å². The van der Waals surface area contributed by atoms with Crippen molar-refractivity contribution in [3.63, 3.8) is 0 Å². The Morgan fingerprint density at radius 3 is 2.64 bits per heavy atom. The number of rotatable bonds is 1. The molecule has 0 radical (unpaired) electrons. The molecule has 4 heteroatoms. The van der Waals surface area contributed by atoms with Crippen molar-refractivity contribution in [2.75, 3.05) is 0 Å². The van der Waals surface area contributed by atoms with E-state index in [-0.39, 0.29) is 0 Å². The zero-order valence-electron chi connectivity index (χ0n) is 7.20. The molecule has 2 nitrogen and oxygen atoms in total. The minimum absolute atomic E-state index is 0.414. The van der Waals surface area contributed by atoms with E-state index >= 15 is 0 Å². The summed E-state index contributed by atoms with van der Waals surface area (Å²) in [5, 5.41) is 6.91. The molecule has 2 aromatic rings. The third-order valence-electron chi connectivity index (χ3n) is 1.86. The first-order valence-corrected chi connectivity index (χ1v) is 4.86. The van der Waals surface area contributed by atoms with Crippen molar-refractivity contribution in [3.05, 3.63) is 46.2 Å². The molecule has 0 saturated heterocycles. The van der Waals surface area contributed by atoms with Gasteiger partial charge in [-0.2, -0.15) is 5.10 Å². The molecule has 1 heterocycles. The van der Waals surface area contributed by atoms with Crippen molar-refractivity contribution in [2.24, 2.45) is 0 Å². The third-order valence-corrected chi connectivity index (χ3v) is 2.36. The van der Waals surface area contributed by atoms with Crippen LogP contribution in [-0.4, -0.2) is 10.2 Å². The number of nitrogens with zero attached hydrogens (tertiary/aromatic N) is 1. The molecule has 70 valence electrons. The molecule has 1 aromatic heterocycles.